The van der Waals surface area contributed by atoms with Gasteiger partial charge in [0.25, 0.3) is 0 Å². The molecule has 0 radical (unpaired) electrons. The Morgan fingerprint density at radius 2 is 1.70 bits per heavy atom. The minimum atomic E-state index is 0.140. The lowest BCUT2D eigenvalue weighted by atomic mass is 10.1. The van der Waals surface area contributed by atoms with Gasteiger partial charge in [0.1, 0.15) is 5.75 Å². The van der Waals surface area contributed by atoms with Gasteiger partial charge in [-0.2, -0.15) is 0 Å². The number of hydrogen-bond donors (Lipinski definition) is 1. The topological polar surface area (TPSA) is 61.9 Å². The summed E-state index contributed by atoms with van der Waals surface area (Å²) in [4.78, 5) is 29.3. The molecular weight excluding hydrogens is 378 g/mol. The predicted octanol–water partition coefficient (Wildman–Crippen LogP) is 3.00. The molecule has 1 saturated heterocycles. The number of benzene rings is 1. The second-order valence-electron chi connectivity index (χ2n) is 8.61. The largest absolute Gasteiger partial charge is 0.497 e. The fraction of sp³-hybridized carbons (Fsp3) is 0.667. The molecule has 1 N–H and O–H groups in total. The van der Waals surface area contributed by atoms with Crippen molar-refractivity contribution in [2.45, 2.75) is 63.8 Å². The van der Waals surface area contributed by atoms with Gasteiger partial charge in [0.15, 0.2) is 0 Å². The highest BCUT2D eigenvalue weighted by molar-refractivity contribution is 5.78. The zero-order valence-corrected chi connectivity index (χ0v) is 18.4. The van der Waals surface area contributed by atoms with Crippen LogP contribution in [0.1, 0.15) is 56.9 Å². The maximum atomic E-state index is 12.7. The fourth-order valence-corrected chi connectivity index (χ4v) is 4.48. The van der Waals surface area contributed by atoms with Gasteiger partial charge in [-0.3, -0.25) is 14.5 Å². The van der Waals surface area contributed by atoms with Crippen molar-refractivity contribution in [3.63, 3.8) is 0 Å². The van der Waals surface area contributed by atoms with Gasteiger partial charge >= 0.3 is 0 Å². The van der Waals surface area contributed by atoms with E-state index in [0.717, 1.165) is 56.6 Å². The third-order valence-corrected chi connectivity index (χ3v) is 6.32. The Balaban J connectivity index is 1.38. The lowest BCUT2D eigenvalue weighted by Crippen LogP contribution is -2.43. The molecule has 2 amide bonds. The monoisotopic (exact) mass is 415 g/mol. The molecule has 1 aliphatic carbocycles. The fourth-order valence-electron chi connectivity index (χ4n) is 4.48. The number of carbonyl (C=O) groups excluding carboxylic acids is 2. The van der Waals surface area contributed by atoms with Crippen LogP contribution in [0.15, 0.2) is 24.3 Å². The number of amides is 2. The summed E-state index contributed by atoms with van der Waals surface area (Å²) in [5.41, 5.74) is 1.15. The van der Waals surface area contributed by atoms with E-state index >= 15 is 0 Å². The molecule has 6 heteroatoms. The first-order valence-electron chi connectivity index (χ1n) is 11.6. The van der Waals surface area contributed by atoms with E-state index in [1.807, 2.05) is 29.2 Å². The number of nitrogens with zero attached hydrogens (tertiary/aromatic N) is 2. The number of hydrogen-bond acceptors (Lipinski definition) is 4. The molecular formula is C24H37N3O3. The van der Waals surface area contributed by atoms with Crippen molar-refractivity contribution < 1.29 is 14.3 Å². The molecule has 0 spiro atoms. The summed E-state index contributed by atoms with van der Waals surface area (Å²) in [5, 5.41) is 3.24. The van der Waals surface area contributed by atoms with E-state index in [1.165, 1.54) is 25.7 Å². The second-order valence-corrected chi connectivity index (χ2v) is 8.61. The van der Waals surface area contributed by atoms with Crippen molar-refractivity contribution in [2.24, 2.45) is 0 Å². The normalized spacial score (nSPS) is 19.0. The molecule has 0 unspecified atom stereocenters. The smallest absolute Gasteiger partial charge is 0.234 e. The highest BCUT2D eigenvalue weighted by atomic mass is 16.5. The highest BCUT2D eigenvalue weighted by Crippen LogP contribution is 2.17. The van der Waals surface area contributed by atoms with Crippen LogP contribution in [0, 0.1) is 0 Å². The number of ether oxygens (including phenoxy) is 1. The average molecular weight is 416 g/mol. The Kier molecular flexibility index (Phi) is 9.00. The first kappa shape index (κ1) is 22.6. The van der Waals surface area contributed by atoms with E-state index < -0.39 is 0 Å². The molecule has 2 fully saturated rings. The van der Waals surface area contributed by atoms with Gasteiger partial charge in [-0.05, 0) is 43.4 Å². The molecule has 1 saturated carbocycles. The summed E-state index contributed by atoms with van der Waals surface area (Å²) < 4.78 is 5.18. The zero-order chi connectivity index (χ0) is 21.2. The maximum absolute atomic E-state index is 12.7. The number of aryl methyl sites for hydroxylation is 1. The maximum Gasteiger partial charge on any atom is 0.234 e. The van der Waals surface area contributed by atoms with Crippen LogP contribution in [0.3, 0.4) is 0 Å². The molecule has 1 aliphatic heterocycles. The van der Waals surface area contributed by atoms with E-state index in [-0.39, 0.29) is 11.8 Å². The van der Waals surface area contributed by atoms with Crippen LogP contribution in [0.5, 0.6) is 5.75 Å². The minimum Gasteiger partial charge on any atom is -0.497 e. The lowest BCUT2D eigenvalue weighted by molar-refractivity contribution is -0.131. The van der Waals surface area contributed by atoms with Crippen LogP contribution in [0.25, 0.3) is 0 Å². The van der Waals surface area contributed by atoms with Gasteiger partial charge in [-0.25, -0.2) is 0 Å². The second kappa shape index (κ2) is 11.9. The van der Waals surface area contributed by atoms with Gasteiger partial charge in [-0.15, -0.1) is 0 Å². The van der Waals surface area contributed by atoms with Crippen LogP contribution in [0.2, 0.25) is 0 Å². The Labute approximate surface area is 180 Å². The Morgan fingerprint density at radius 1 is 0.967 bits per heavy atom. The quantitative estimate of drug-likeness (QED) is 0.696. The van der Waals surface area contributed by atoms with Crippen molar-refractivity contribution in [2.75, 3.05) is 39.8 Å². The van der Waals surface area contributed by atoms with Gasteiger partial charge in [-0.1, -0.05) is 37.8 Å². The van der Waals surface area contributed by atoms with E-state index in [0.29, 0.717) is 25.6 Å². The van der Waals surface area contributed by atoms with Crippen molar-refractivity contribution >= 4 is 11.8 Å². The summed E-state index contributed by atoms with van der Waals surface area (Å²) in [7, 11) is 1.65. The summed E-state index contributed by atoms with van der Waals surface area (Å²) in [6.45, 7) is 3.58. The van der Waals surface area contributed by atoms with E-state index in [1.54, 1.807) is 7.11 Å². The summed E-state index contributed by atoms with van der Waals surface area (Å²) in [6, 6.07) is 8.25. The Hall–Kier alpha value is -2.08. The van der Waals surface area contributed by atoms with Gasteiger partial charge in [0, 0.05) is 38.6 Å². The van der Waals surface area contributed by atoms with Crippen LogP contribution in [-0.2, 0) is 16.0 Å². The number of carbonyl (C=O) groups is 2. The molecule has 6 nitrogen and oxygen atoms in total. The molecule has 166 valence electrons. The SMILES string of the molecule is COc1ccc(CCC(=O)N2CCCN(CC(=O)NC3CCCCCC3)CC2)cc1. The highest BCUT2D eigenvalue weighted by Gasteiger charge is 2.21. The Morgan fingerprint density at radius 3 is 2.40 bits per heavy atom. The molecule has 1 aromatic carbocycles. The van der Waals surface area contributed by atoms with Gasteiger partial charge in [0.05, 0.1) is 13.7 Å². The molecule has 0 atom stereocenters. The molecule has 2 aliphatic rings. The van der Waals surface area contributed by atoms with E-state index in [2.05, 4.69) is 10.2 Å². The van der Waals surface area contributed by atoms with Crippen molar-refractivity contribution in [1.29, 1.82) is 0 Å². The minimum absolute atomic E-state index is 0.140. The number of nitrogens with one attached hydrogen (secondary N) is 1. The molecule has 1 heterocycles. The third kappa shape index (κ3) is 7.31. The van der Waals surface area contributed by atoms with Crippen LogP contribution < -0.4 is 10.1 Å². The molecule has 0 aromatic heterocycles. The molecule has 3 rings (SSSR count). The standard InChI is InChI=1S/C24H37N3O3/c1-30-22-12-9-20(10-13-22)11-14-24(29)27-16-6-15-26(17-18-27)19-23(28)25-21-7-4-2-3-5-8-21/h9-10,12-13,21H,2-8,11,14-19H2,1H3,(H,25,28). The molecule has 30 heavy (non-hydrogen) atoms. The van der Waals surface area contributed by atoms with Crippen molar-refractivity contribution in [3.05, 3.63) is 29.8 Å². The van der Waals surface area contributed by atoms with Crippen LogP contribution >= 0.6 is 0 Å². The lowest BCUT2D eigenvalue weighted by Gasteiger charge is -2.23. The van der Waals surface area contributed by atoms with Gasteiger partial charge in [0.2, 0.25) is 11.8 Å². The zero-order valence-electron chi connectivity index (χ0n) is 18.4. The first-order valence-corrected chi connectivity index (χ1v) is 11.6. The van der Waals surface area contributed by atoms with Crippen molar-refractivity contribution in [3.8, 4) is 5.75 Å². The molecule has 1 aromatic rings. The van der Waals surface area contributed by atoms with E-state index in [4.69, 9.17) is 4.74 Å². The molecule has 0 bridgehead atoms. The van der Waals surface area contributed by atoms with E-state index in [9.17, 15) is 9.59 Å². The summed E-state index contributed by atoms with van der Waals surface area (Å²) in [5.74, 6) is 1.18. The average Bonchev–Trinajstić information content (AvgIpc) is 3.15. The van der Waals surface area contributed by atoms with Crippen LogP contribution in [-0.4, -0.2) is 67.5 Å². The van der Waals surface area contributed by atoms with Crippen molar-refractivity contribution in [1.82, 2.24) is 15.1 Å². The number of rotatable bonds is 7. The van der Waals surface area contributed by atoms with Crippen LogP contribution in [0.4, 0.5) is 0 Å². The summed E-state index contributed by atoms with van der Waals surface area (Å²) in [6.07, 6.45) is 9.45. The number of methoxy groups -OCH3 is 1. The van der Waals surface area contributed by atoms with Gasteiger partial charge < -0.3 is 15.0 Å². The predicted molar refractivity (Wildman–Crippen MR) is 119 cm³/mol. The first-order chi connectivity index (χ1) is 14.6. The Bertz CT molecular complexity index is 669. The third-order valence-electron chi connectivity index (χ3n) is 6.32. The summed E-state index contributed by atoms with van der Waals surface area (Å²) >= 11 is 0.